The van der Waals surface area contributed by atoms with E-state index >= 15 is 0 Å². The number of carbonyl (C=O) groups excluding carboxylic acids is 3. The molecule has 2 aromatic carbocycles. The number of nitrogens with zero attached hydrogens (tertiary/aromatic N) is 3. The average Bonchev–Trinajstić information content (AvgIpc) is 3.32. The molecule has 8 heteroatoms. The minimum absolute atomic E-state index is 0.0947. The van der Waals surface area contributed by atoms with Gasteiger partial charge in [-0.1, -0.05) is 49.3 Å². The summed E-state index contributed by atoms with van der Waals surface area (Å²) in [6, 6.07) is 13.6. The molecule has 0 fully saturated rings. The highest BCUT2D eigenvalue weighted by molar-refractivity contribution is 6.21. The minimum atomic E-state index is -0.649. The van der Waals surface area contributed by atoms with Crippen LogP contribution in [-0.2, 0) is 17.9 Å². The van der Waals surface area contributed by atoms with Crippen LogP contribution in [0.4, 0.5) is 0 Å². The highest BCUT2D eigenvalue weighted by Gasteiger charge is 2.36. The second-order valence-electron chi connectivity index (χ2n) is 7.22. The average molecular weight is 405 g/mol. The van der Waals surface area contributed by atoms with Gasteiger partial charge in [-0.2, -0.15) is 4.98 Å². The number of rotatable bonds is 6. The number of esters is 1. The van der Waals surface area contributed by atoms with Gasteiger partial charge in [0.05, 0.1) is 23.2 Å². The summed E-state index contributed by atoms with van der Waals surface area (Å²) in [7, 11) is 0. The molecule has 0 saturated carbocycles. The van der Waals surface area contributed by atoms with E-state index in [1.165, 1.54) is 23.1 Å². The zero-order chi connectivity index (χ0) is 21.3. The first-order valence-electron chi connectivity index (χ1n) is 9.48. The van der Waals surface area contributed by atoms with Crippen LogP contribution in [0.1, 0.15) is 68.1 Å². The van der Waals surface area contributed by atoms with Gasteiger partial charge >= 0.3 is 5.97 Å². The Kier molecular flexibility index (Phi) is 5.14. The lowest BCUT2D eigenvalue weighted by Crippen LogP contribution is -2.29. The maximum absolute atomic E-state index is 12.8. The van der Waals surface area contributed by atoms with Gasteiger partial charge in [0.15, 0.2) is 12.4 Å². The monoisotopic (exact) mass is 405 g/mol. The summed E-state index contributed by atoms with van der Waals surface area (Å²) >= 11 is 0. The van der Waals surface area contributed by atoms with Crippen LogP contribution >= 0.6 is 0 Å². The highest BCUT2D eigenvalue weighted by Crippen LogP contribution is 2.26. The Morgan fingerprint density at radius 3 is 2.50 bits per heavy atom. The molecule has 2 amide bonds. The Bertz CT molecular complexity index is 1120. The number of hydrogen-bond acceptors (Lipinski definition) is 7. The second kappa shape index (κ2) is 7.90. The van der Waals surface area contributed by atoms with Gasteiger partial charge in [0.2, 0.25) is 0 Å². The number of fused-ring (bicyclic) bond motifs is 1. The molecule has 30 heavy (non-hydrogen) atoms. The molecule has 1 aromatic heterocycles. The quantitative estimate of drug-likeness (QED) is 0.458. The lowest BCUT2D eigenvalue weighted by atomic mass is 10.1. The summed E-state index contributed by atoms with van der Waals surface area (Å²) in [5.41, 5.74) is 1.46. The van der Waals surface area contributed by atoms with Crippen LogP contribution in [0.25, 0.3) is 0 Å². The van der Waals surface area contributed by atoms with Crippen molar-refractivity contribution in [3.05, 3.63) is 82.5 Å². The lowest BCUT2D eigenvalue weighted by molar-refractivity contribution is 0.0429. The first kappa shape index (κ1) is 19.5. The van der Waals surface area contributed by atoms with E-state index in [9.17, 15) is 14.4 Å². The molecular weight excluding hydrogens is 386 g/mol. The zero-order valence-corrected chi connectivity index (χ0v) is 16.5. The molecule has 0 saturated heterocycles. The molecule has 152 valence electrons. The first-order chi connectivity index (χ1) is 14.4. The van der Waals surface area contributed by atoms with Gasteiger partial charge in [0.25, 0.3) is 17.7 Å². The van der Waals surface area contributed by atoms with Gasteiger partial charge in [-0.25, -0.2) is 4.79 Å². The summed E-state index contributed by atoms with van der Waals surface area (Å²) < 4.78 is 10.3. The Morgan fingerprint density at radius 2 is 1.80 bits per heavy atom. The van der Waals surface area contributed by atoms with Gasteiger partial charge in [-0.3, -0.25) is 14.5 Å². The van der Waals surface area contributed by atoms with Crippen LogP contribution in [0.2, 0.25) is 0 Å². The summed E-state index contributed by atoms with van der Waals surface area (Å²) in [6.45, 7) is 3.83. The van der Waals surface area contributed by atoms with E-state index in [1.807, 2.05) is 44.2 Å². The Hall–Kier alpha value is -3.81. The fourth-order valence-corrected chi connectivity index (χ4v) is 3.10. The fourth-order valence-electron chi connectivity index (χ4n) is 3.10. The number of benzene rings is 2. The van der Waals surface area contributed by atoms with E-state index in [0.29, 0.717) is 5.82 Å². The van der Waals surface area contributed by atoms with Crippen LogP contribution < -0.4 is 0 Å². The standard InChI is InChI=1S/C22H19N3O5/c1-13(2)19-23-18(30-24-19)12-29-22(28)15-8-9-16-17(10-15)21(27)25(20(16)26)11-14-6-4-3-5-7-14/h3-10,13H,11-12H2,1-2H3. The predicted octanol–water partition coefficient (Wildman–Crippen LogP) is 3.35. The van der Waals surface area contributed by atoms with E-state index in [-0.39, 0.29) is 47.6 Å². The fraction of sp³-hybridized carbons (Fsp3) is 0.227. The molecule has 0 aliphatic carbocycles. The molecule has 8 nitrogen and oxygen atoms in total. The zero-order valence-electron chi connectivity index (χ0n) is 16.5. The largest absolute Gasteiger partial charge is 0.452 e. The van der Waals surface area contributed by atoms with Crippen LogP contribution in [0.3, 0.4) is 0 Å². The van der Waals surface area contributed by atoms with Gasteiger partial charge in [-0.15, -0.1) is 0 Å². The van der Waals surface area contributed by atoms with Crippen molar-refractivity contribution < 1.29 is 23.6 Å². The van der Waals surface area contributed by atoms with Gasteiger partial charge < -0.3 is 9.26 Å². The molecule has 1 aliphatic rings. The topological polar surface area (TPSA) is 103 Å². The minimum Gasteiger partial charge on any atom is -0.452 e. The van der Waals surface area contributed by atoms with Crippen LogP contribution in [0.15, 0.2) is 53.1 Å². The predicted molar refractivity (Wildman–Crippen MR) is 105 cm³/mol. The van der Waals surface area contributed by atoms with Crippen LogP contribution in [0.5, 0.6) is 0 Å². The number of imide groups is 1. The number of amides is 2. The van der Waals surface area contributed by atoms with Gasteiger partial charge in [0, 0.05) is 5.92 Å². The molecule has 0 unspecified atom stereocenters. The van der Waals surface area contributed by atoms with Crippen molar-refractivity contribution in [2.75, 3.05) is 0 Å². The molecule has 0 spiro atoms. The third kappa shape index (κ3) is 3.71. The van der Waals surface area contributed by atoms with Crippen molar-refractivity contribution in [2.24, 2.45) is 0 Å². The van der Waals surface area contributed by atoms with E-state index in [0.717, 1.165) is 5.56 Å². The highest BCUT2D eigenvalue weighted by atomic mass is 16.6. The number of aromatic nitrogens is 2. The number of hydrogen-bond donors (Lipinski definition) is 0. The molecule has 4 rings (SSSR count). The van der Waals surface area contributed by atoms with Crippen molar-refractivity contribution in [1.29, 1.82) is 0 Å². The molecular formula is C22H19N3O5. The maximum Gasteiger partial charge on any atom is 0.338 e. The smallest absolute Gasteiger partial charge is 0.338 e. The van der Waals surface area contributed by atoms with Gasteiger partial charge in [-0.05, 0) is 23.8 Å². The number of carbonyl (C=O) groups is 3. The molecule has 0 atom stereocenters. The first-order valence-corrected chi connectivity index (χ1v) is 9.48. The van der Waals surface area contributed by atoms with Crippen LogP contribution in [0, 0.1) is 0 Å². The summed E-state index contributed by atoms with van der Waals surface area (Å²) in [6.07, 6.45) is 0. The Morgan fingerprint density at radius 1 is 1.07 bits per heavy atom. The van der Waals surface area contributed by atoms with E-state index < -0.39 is 11.9 Å². The van der Waals surface area contributed by atoms with Crippen LogP contribution in [-0.4, -0.2) is 32.8 Å². The van der Waals surface area contributed by atoms with Crippen molar-refractivity contribution in [3.8, 4) is 0 Å². The van der Waals surface area contributed by atoms with Crippen molar-refractivity contribution in [3.63, 3.8) is 0 Å². The van der Waals surface area contributed by atoms with Crippen molar-refractivity contribution in [1.82, 2.24) is 15.0 Å². The Balaban J connectivity index is 1.47. The molecule has 2 heterocycles. The van der Waals surface area contributed by atoms with E-state index in [2.05, 4.69) is 10.1 Å². The normalized spacial score (nSPS) is 13.1. The maximum atomic E-state index is 12.8. The summed E-state index contributed by atoms with van der Waals surface area (Å²) in [5, 5.41) is 3.81. The molecule has 0 N–H and O–H groups in total. The number of ether oxygens (including phenoxy) is 1. The summed E-state index contributed by atoms with van der Waals surface area (Å²) in [4.78, 5) is 43.1. The van der Waals surface area contributed by atoms with E-state index in [1.54, 1.807) is 0 Å². The van der Waals surface area contributed by atoms with Crippen molar-refractivity contribution >= 4 is 17.8 Å². The second-order valence-corrected chi connectivity index (χ2v) is 7.22. The third-order valence-corrected chi connectivity index (χ3v) is 4.72. The van der Waals surface area contributed by atoms with Crippen molar-refractivity contribution in [2.45, 2.75) is 32.9 Å². The Labute approximate surface area is 172 Å². The third-order valence-electron chi connectivity index (χ3n) is 4.72. The summed E-state index contributed by atoms with van der Waals surface area (Å²) in [5.74, 6) is -0.659. The molecule has 3 aromatic rings. The lowest BCUT2D eigenvalue weighted by Gasteiger charge is -2.13. The molecule has 0 radical (unpaired) electrons. The van der Waals surface area contributed by atoms with Gasteiger partial charge in [0.1, 0.15) is 0 Å². The molecule has 1 aliphatic heterocycles. The SMILES string of the molecule is CC(C)c1noc(COC(=O)c2ccc3c(c2)C(=O)N(Cc2ccccc2)C3=O)n1. The molecule has 0 bridgehead atoms. The van der Waals surface area contributed by atoms with E-state index in [4.69, 9.17) is 9.26 Å².